The van der Waals surface area contributed by atoms with Gasteiger partial charge in [-0.1, -0.05) is 17.7 Å². The van der Waals surface area contributed by atoms with E-state index in [2.05, 4.69) is 38.9 Å². The summed E-state index contributed by atoms with van der Waals surface area (Å²) in [5.74, 6) is 0.477. The van der Waals surface area contributed by atoms with Gasteiger partial charge in [0.15, 0.2) is 0 Å². The summed E-state index contributed by atoms with van der Waals surface area (Å²) in [5.41, 5.74) is 5.07. The molecule has 2 N–H and O–H groups in total. The van der Waals surface area contributed by atoms with Gasteiger partial charge in [-0.15, -0.1) is 5.10 Å². The molecule has 0 aliphatic heterocycles. The van der Waals surface area contributed by atoms with E-state index in [1.165, 1.54) is 4.68 Å². The lowest BCUT2D eigenvalue weighted by Gasteiger charge is -2.14. The first kappa shape index (κ1) is 18.1. The summed E-state index contributed by atoms with van der Waals surface area (Å²) in [4.78, 5) is 16.8. The molecule has 0 aliphatic carbocycles. The van der Waals surface area contributed by atoms with Crippen LogP contribution >= 0.6 is 0 Å². The van der Waals surface area contributed by atoms with Crippen molar-refractivity contribution in [1.29, 1.82) is 5.26 Å². The van der Waals surface area contributed by atoms with Crippen LogP contribution in [0.3, 0.4) is 0 Å². The Morgan fingerprint density at radius 3 is 2.26 bits per heavy atom. The van der Waals surface area contributed by atoms with Crippen LogP contribution in [0.5, 0.6) is 0 Å². The number of aryl methyl sites for hydroxylation is 4. The van der Waals surface area contributed by atoms with Gasteiger partial charge in [0.2, 0.25) is 11.8 Å². The smallest absolute Gasteiger partial charge is 0.309 e. The van der Waals surface area contributed by atoms with E-state index < -0.39 is 0 Å². The monoisotopic (exact) mass is 360 g/mol. The number of hydrogen-bond donors (Lipinski definition) is 2. The first-order chi connectivity index (χ1) is 12.9. The van der Waals surface area contributed by atoms with Gasteiger partial charge in [-0.05, 0) is 56.2 Å². The van der Waals surface area contributed by atoms with E-state index >= 15 is 0 Å². The molecule has 1 heterocycles. The van der Waals surface area contributed by atoms with Gasteiger partial charge in [-0.2, -0.15) is 10.2 Å². The van der Waals surface area contributed by atoms with Gasteiger partial charge >= 0.3 is 5.56 Å². The van der Waals surface area contributed by atoms with Gasteiger partial charge in [0, 0.05) is 18.4 Å². The number of nitriles is 1. The maximum atomic E-state index is 12.5. The minimum Gasteiger partial charge on any atom is -0.335 e. The maximum Gasteiger partial charge on any atom is 0.309 e. The van der Waals surface area contributed by atoms with Crippen LogP contribution < -0.4 is 16.2 Å². The molecule has 7 nitrogen and oxygen atoms in total. The summed E-state index contributed by atoms with van der Waals surface area (Å²) in [7, 11) is 1.58. The number of anilines is 4. The molecule has 7 heteroatoms. The fourth-order valence-corrected chi connectivity index (χ4v) is 2.90. The number of benzene rings is 2. The van der Waals surface area contributed by atoms with Crippen LogP contribution in [0.25, 0.3) is 0 Å². The Kier molecular flexibility index (Phi) is 4.90. The van der Waals surface area contributed by atoms with Crippen molar-refractivity contribution in [2.75, 3.05) is 10.6 Å². The van der Waals surface area contributed by atoms with Gasteiger partial charge in [0.25, 0.3) is 0 Å². The van der Waals surface area contributed by atoms with Crippen molar-refractivity contribution in [2.45, 2.75) is 20.8 Å². The van der Waals surface area contributed by atoms with E-state index in [0.717, 1.165) is 28.1 Å². The zero-order valence-electron chi connectivity index (χ0n) is 15.7. The Labute approximate surface area is 157 Å². The average Bonchev–Trinajstić information content (AvgIpc) is 2.62. The van der Waals surface area contributed by atoms with Gasteiger partial charge in [-0.3, -0.25) is 4.79 Å². The molecule has 0 radical (unpaired) electrons. The van der Waals surface area contributed by atoms with Crippen molar-refractivity contribution >= 4 is 23.1 Å². The Bertz CT molecular complexity index is 1070. The molecule has 0 spiro atoms. The highest BCUT2D eigenvalue weighted by Crippen LogP contribution is 2.24. The Balaban J connectivity index is 1.95. The number of nitrogens with zero attached hydrogens (tertiary/aromatic N) is 4. The predicted octanol–water partition coefficient (Wildman–Crippen LogP) is 3.46. The number of rotatable bonds is 4. The Hall–Kier alpha value is -3.66. The van der Waals surface area contributed by atoms with Crippen LogP contribution in [0.15, 0.2) is 41.2 Å². The molecule has 27 heavy (non-hydrogen) atoms. The maximum absolute atomic E-state index is 12.5. The van der Waals surface area contributed by atoms with Crippen molar-refractivity contribution in [2.24, 2.45) is 7.05 Å². The van der Waals surface area contributed by atoms with E-state index in [1.54, 1.807) is 31.3 Å². The SMILES string of the molecule is Cc1cc(C)c(Nc2nc(Nc3ccc(C#N)cc3)nn(C)c2=O)c(C)c1. The van der Waals surface area contributed by atoms with Crippen molar-refractivity contribution in [3.8, 4) is 6.07 Å². The third kappa shape index (κ3) is 3.96. The molecule has 2 aromatic carbocycles. The molecule has 0 unspecified atom stereocenters. The zero-order chi connectivity index (χ0) is 19.6. The fourth-order valence-electron chi connectivity index (χ4n) is 2.90. The van der Waals surface area contributed by atoms with Crippen LogP contribution in [0.4, 0.5) is 23.1 Å². The zero-order valence-corrected chi connectivity index (χ0v) is 15.7. The third-order valence-corrected chi connectivity index (χ3v) is 4.15. The number of hydrogen-bond acceptors (Lipinski definition) is 6. The standard InChI is InChI=1S/C20H20N6O/c1-12-9-13(2)17(14(3)10-12)23-18-19(27)26(4)25-20(24-18)22-16-7-5-15(11-21)6-8-16/h5-10H,1-4H3,(H2,22,23,24,25). The van der Waals surface area contributed by atoms with E-state index in [0.29, 0.717) is 5.56 Å². The van der Waals surface area contributed by atoms with Crippen LogP contribution in [0, 0.1) is 32.1 Å². The third-order valence-electron chi connectivity index (χ3n) is 4.15. The van der Waals surface area contributed by atoms with Crippen molar-refractivity contribution < 1.29 is 0 Å². The second-order valence-electron chi connectivity index (χ2n) is 6.43. The molecule has 0 saturated heterocycles. The highest BCUT2D eigenvalue weighted by Gasteiger charge is 2.12. The molecule has 136 valence electrons. The first-order valence-electron chi connectivity index (χ1n) is 8.45. The molecule has 0 amide bonds. The molecule has 0 saturated carbocycles. The summed E-state index contributed by atoms with van der Waals surface area (Å²) in [6.45, 7) is 6.01. The lowest BCUT2D eigenvalue weighted by atomic mass is 10.1. The molecular formula is C20H20N6O. The second-order valence-corrected chi connectivity index (χ2v) is 6.43. The molecule has 3 aromatic rings. The Morgan fingerprint density at radius 1 is 1.04 bits per heavy atom. The van der Waals surface area contributed by atoms with Gasteiger partial charge in [-0.25, -0.2) is 4.68 Å². The van der Waals surface area contributed by atoms with E-state index in [1.807, 2.05) is 20.8 Å². The topological polar surface area (TPSA) is 95.6 Å². The van der Waals surface area contributed by atoms with Crippen molar-refractivity contribution in [3.05, 3.63) is 69.0 Å². The van der Waals surface area contributed by atoms with Crippen LogP contribution in [-0.4, -0.2) is 14.8 Å². The normalized spacial score (nSPS) is 10.3. The van der Waals surface area contributed by atoms with Crippen molar-refractivity contribution in [3.63, 3.8) is 0 Å². The molecule has 0 atom stereocenters. The quantitative estimate of drug-likeness (QED) is 0.740. The fraction of sp³-hybridized carbons (Fsp3) is 0.200. The van der Waals surface area contributed by atoms with Crippen LogP contribution in [0.1, 0.15) is 22.3 Å². The summed E-state index contributed by atoms with van der Waals surface area (Å²) < 4.78 is 1.24. The molecule has 0 aliphatic rings. The summed E-state index contributed by atoms with van der Waals surface area (Å²) >= 11 is 0. The first-order valence-corrected chi connectivity index (χ1v) is 8.45. The van der Waals surface area contributed by atoms with Gasteiger partial charge < -0.3 is 10.6 Å². The number of aromatic nitrogens is 3. The lowest BCUT2D eigenvalue weighted by Crippen LogP contribution is -2.25. The summed E-state index contributed by atoms with van der Waals surface area (Å²) in [6, 6.07) is 13.1. The van der Waals surface area contributed by atoms with Crippen LogP contribution in [-0.2, 0) is 7.05 Å². The average molecular weight is 360 g/mol. The molecule has 0 fully saturated rings. The van der Waals surface area contributed by atoms with Gasteiger partial charge in [0.1, 0.15) is 0 Å². The lowest BCUT2D eigenvalue weighted by molar-refractivity contribution is 0.699. The van der Waals surface area contributed by atoms with E-state index in [4.69, 9.17) is 5.26 Å². The van der Waals surface area contributed by atoms with Gasteiger partial charge in [0.05, 0.1) is 11.6 Å². The second kappa shape index (κ2) is 7.30. The van der Waals surface area contributed by atoms with E-state index in [-0.39, 0.29) is 17.3 Å². The largest absolute Gasteiger partial charge is 0.335 e. The molecule has 1 aromatic heterocycles. The highest BCUT2D eigenvalue weighted by atomic mass is 16.1. The minimum atomic E-state index is -0.320. The molecular weight excluding hydrogens is 340 g/mol. The highest BCUT2D eigenvalue weighted by molar-refractivity contribution is 5.66. The summed E-state index contributed by atoms with van der Waals surface area (Å²) in [6.07, 6.45) is 0. The summed E-state index contributed by atoms with van der Waals surface area (Å²) in [5, 5.41) is 19.2. The van der Waals surface area contributed by atoms with Crippen LogP contribution in [0.2, 0.25) is 0 Å². The number of nitrogens with one attached hydrogen (secondary N) is 2. The molecule has 0 bridgehead atoms. The van der Waals surface area contributed by atoms with E-state index in [9.17, 15) is 4.79 Å². The predicted molar refractivity (Wildman–Crippen MR) is 106 cm³/mol. The Morgan fingerprint density at radius 2 is 1.67 bits per heavy atom. The van der Waals surface area contributed by atoms with Crippen molar-refractivity contribution in [1.82, 2.24) is 14.8 Å². The minimum absolute atomic E-state index is 0.193. The molecule has 3 rings (SSSR count).